The van der Waals surface area contributed by atoms with Gasteiger partial charge in [-0.2, -0.15) is 0 Å². The van der Waals surface area contributed by atoms with Gasteiger partial charge >= 0.3 is 0 Å². The van der Waals surface area contributed by atoms with Crippen molar-refractivity contribution in [2.24, 2.45) is 0 Å². The van der Waals surface area contributed by atoms with Crippen molar-refractivity contribution < 1.29 is 9.59 Å². The second-order valence-corrected chi connectivity index (χ2v) is 6.43. The van der Waals surface area contributed by atoms with E-state index in [4.69, 9.17) is 0 Å². The number of nitrogens with zero attached hydrogens (tertiary/aromatic N) is 2. The molecule has 1 saturated heterocycles. The van der Waals surface area contributed by atoms with Gasteiger partial charge in [-0.05, 0) is 27.2 Å². The molecule has 0 radical (unpaired) electrons. The molecule has 0 aromatic carbocycles. The molecule has 1 N–H and O–H groups in total. The summed E-state index contributed by atoms with van der Waals surface area (Å²) in [5, 5.41) is 3.66. The third-order valence-electron chi connectivity index (χ3n) is 3.62. The molecular weight excluding hydrogens is 262 g/mol. The van der Waals surface area contributed by atoms with Crippen molar-refractivity contribution in [1.29, 1.82) is 0 Å². The first kappa shape index (κ1) is 14.0. The maximum Gasteiger partial charge on any atom is 0.248 e. The number of aromatic nitrogens is 1. The van der Waals surface area contributed by atoms with E-state index in [-0.39, 0.29) is 18.4 Å². The van der Waals surface area contributed by atoms with Gasteiger partial charge in [0, 0.05) is 4.88 Å². The van der Waals surface area contributed by atoms with Gasteiger partial charge in [-0.1, -0.05) is 6.92 Å². The highest BCUT2D eigenvalue weighted by atomic mass is 32.1. The van der Waals surface area contributed by atoms with Crippen LogP contribution in [0.4, 0.5) is 0 Å². The summed E-state index contributed by atoms with van der Waals surface area (Å²) in [6, 6.07) is 0. The van der Waals surface area contributed by atoms with Crippen molar-refractivity contribution in [2.45, 2.75) is 46.2 Å². The lowest BCUT2D eigenvalue weighted by molar-refractivity contribution is -0.149. The van der Waals surface area contributed by atoms with E-state index in [1.165, 1.54) is 0 Å². The predicted octanol–water partition coefficient (Wildman–Crippen LogP) is 1.39. The fourth-order valence-corrected chi connectivity index (χ4v) is 3.08. The number of piperazine rings is 1. The van der Waals surface area contributed by atoms with E-state index in [1.54, 1.807) is 23.2 Å². The lowest BCUT2D eigenvalue weighted by Gasteiger charge is -2.38. The topological polar surface area (TPSA) is 62.3 Å². The van der Waals surface area contributed by atoms with E-state index in [0.29, 0.717) is 13.0 Å². The number of carbonyl (C=O) groups excluding carboxylic acids is 2. The molecule has 2 heterocycles. The molecule has 0 aliphatic carbocycles. The van der Waals surface area contributed by atoms with Gasteiger partial charge in [0.15, 0.2) is 0 Å². The van der Waals surface area contributed by atoms with E-state index >= 15 is 0 Å². The molecule has 104 valence electrons. The molecule has 0 saturated carbocycles. The zero-order valence-corrected chi connectivity index (χ0v) is 12.6. The molecule has 0 bridgehead atoms. The Hall–Kier alpha value is -1.43. The van der Waals surface area contributed by atoms with Crippen molar-refractivity contribution in [3.05, 3.63) is 15.6 Å². The molecule has 1 fully saturated rings. The maximum absolute atomic E-state index is 12.4. The fraction of sp³-hybridized carbons (Fsp3) is 0.615. The smallest absolute Gasteiger partial charge is 0.248 e. The Kier molecular flexibility index (Phi) is 3.62. The van der Waals surface area contributed by atoms with Crippen molar-refractivity contribution in [2.75, 3.05) is 6.54 Å². The van der Waals surface area contributed by atoms with Gasteiger partial charge in [-0.15, -0.1) is 11.3 Å². The molecule has 1 aromatic rings. The molecular formula is C13H19N3O2S. The summed E-state index contributed by atoms with van der Waals surface area (Å²) in [6.07, 6.45) is 0.587. The summed E-state index contributed by atoms with van der Waals surface area (Å²) in [7, 11) is 0. The Labute approximate surface area is 117 Å². The number of amides is 2. The number of rotatable bonds is 3. The Morgan fingerprint density at radius 2 is 2.11 bits per heavy atom. The predicted molar refractivity (Wildman–Crippen MR) is 73.8 cm³/mol. The van der Waals surface area contributed by atoms with Crippen LogP contribution < -0.4 is 5.32 Å². The molecule has 19 heavy (non-hydrogen) atoms. The first-order valence-electron chi connectivity index (χ1n) is 6.39. The van der Waals surface area contributed by atoms with Crippen LogP contribution in [0.3, 0.4) is 0 Å². The van der Waals surface area contributed by atoms with Crippen molar-refractivity contribution >= 4 is 23.2 Å². The molecule has 2 rings (SSSR count). The number of carbonyl (C=O) groups is 2. The second kappa shape index (κ2) is 4.92. The van der Waals surface area contributed by atoms with Crippen LogP contribution in [0.2, 0.25) is 0 Å². The Balaban J connectivity index is 2.19. The molecule has 1 aliphatic heterocycles. The fourth-order valence-electron chi connectivity index (χ4n) is 2.13. The quantitative estimate of drug-likeness (QED) is 0.910. The van der Waals surface area contributed by atoms with Crippen molar-refractivity contribution in [3.63, 3.8) is 0 Å². The standard InChI is InChI=1S/C13H19N3O2S/c1-5-13(4)12(18)16(6-10(17)15-13)7-11-14-8(2)9(3)19-11/h5-7H2,1-4H3,(H,15,17). The zero-order chi connectivity index (χ0) is 14.2. The Morgan fingerprint density at radius 1 is 1.42 bits per heavy atom. The summed E-state index contributed by atoms with van der Waals surface area (Å²) >= 11 is 1.58. The minimum Gasteiger partial charge on any atom is -0.340 e. The zero-order valence-electron chi connectivity index (χ0n) is 11.7. The van der Waals surface area contributed by atoms with Crippen LogP contribution in [0, 0.1) is 13.8 Å². The monoisotopic (exact) mass is 281 g/mol. The van der Waals surface area contributed by atoms with E-state index < -0.39 is 5.54 Å². The lowest BCUT2D eigenvalue weighted by atomic mass is 9.94. The van der Waals surface area contributed by atoms with Gasteiger partial charge in [0.25, 0.3) is 0 Å². The van der Waals surface area contributed by atoms with Crippen LogP contribution in [0.1, 0.15) is 35.8 Å². The first-order chi connectivity index (χ1) is 8.85. The number of nitrogens with one attached hydrogen (secondary N) is 1. The van der Waals surface area contributed by atoms with Gasteiger partial charge < -0.3 is 10.2 Å². The van der Waals surface area contributed by atoms with Crippen LogP contribution in [0.25, 0.3) is 0 Å². The van der Waals surface area contributed by atoms with Gasteiger partial charge in [0.1, 0.15) is 17.1 Å². The summed E-state index contributed by atoms with van der Waals surface area (Å²) in [6.45, 7) is 8.18. The SMILES string of the molecule is CCC1(C)NC(=O)CN(Cc2nc(C)c(C)s2)C1=O. The molecule has 1 aliphatic rings. The maximum atomic E-state index is 12.4. The highest BCUT2D eigenvalue weighted by molar-refractivity contribution is 7.11. The van der Waals surface area contributed by atoms with Crippen LogP contribution in [-0.2, 0) is 16.1 Å². The number of thiazole rings is 1. The van der Waals surface area contributed by atoms with Crippen molar-refractivity contribution in [1.82, 2.24) is 15.2 Å². The van der Waals surface area contributed by atoms with Crippen LogP contribution in [0.5, 0.6) is 0 Å². The largest absolute Gasteiger partial charge is 0.340 e. The average Bonchev–Trinajstić information content (AvgIpc) is 2.65. The normalized spacial score (nSPS) is 23.7. The molecule has 6 heteroatoms. The average molecular weight is 281 g/mol. The van der Waals surface area contributed by atoms with E-state index in [0.717, 1.165) is 15.6 Å². The molecule has 1 aromatic heterocycles. The highest BCUT2D eigenvalue weighted by Gasteiger charge is 2.41. The highest BCUT2D eigenvalue weighted by Crippen LogP contribution is 2.22. The van der Waals surface area contributed by atoms with Gasteiger partial charge in [0.2, 0.25) is 11.8 Å². The second-order valence-electron chi connectivity index (χ2n) is 5.14. The molecule has 2 amide bonds. The molecule has 0 spiro atoms. The van der Waals surface area contributed by atoms with Crippen LogP contribution in [-0.4, -0.2) is 33.8 Å². The third-order valence-corrected chi connectivity index (χ3v) is 4.67. The number of hydrogen-bond donors (Lipinski definition) is 1. The molecule has 1 atom stereocenters. The van der Waals surface area contributed by atoms with Gasteiger partial charge in [-0.3, -0.25) is 9.59 Å². The van der Waals surface area contributed by atoms with E-state index in [1.807, 2.05) is 20.8 Å². The van der Waals surface area contributed by atoms with Crippen LogP contribution in [0.15, 0.2) is 0 Å². The van der Waals surface area contributed by atoms with Gasteiger partial charge in [0.05, 0.1) is 12.2 Å². The third kappa shape index (κ3) is 2.63. The van der Waals surface area contributed by atoms with Gasteiger partial charge in [-0.25, -0.2) is 4.98 Å². The summed E-state index contributed by atoms with van der Waals surface area (Å²) < 4.78 is 0. The van der Waals surface area contributed by atoms with E-state index in [2.05, 4.69) is 10.3 Å². The Bertz CT molecular complexity index is 506. The Morgan fingerprint density at radius 3 is 2.63 bits per heavy atom. The minimum absolute atomic E-state index is 0.0277. The molecule has 1 unspecified atom stereocenters. The summed E-state index contributed by atoms with van der Waals surface area (Å²) in [4.78, 5) is 31.3. The molecule has 5 nitrogen and oxygen atoms in total. The number of hydrogen-bond acceptors (Lipinski definition) is 4. The number of aryl methyl sites for hydroxylation is 2. The lowest BCUT2D eigenvalue weighted by Crippen LogP contribution is -2.64. The first-order valence-corrected chi connectivity index (χ1v) is 7.20. The van der Waals surface area contributed by atoms with Crippen LogP contribution >= 0.6 is 11.3 Å². The van der Waals surface area contributed by atoms with Crippen molar-refractivity contribution in [3.8, 4) is 0 Å². The summed E-state index contributed by atoms with van der Waals surface area (Å²) in [5.74, 6) is -0.131. The van der Waals surface area contributed by atoms with E-state index in [9.17, 15) is 9.59 Å². The summed E-state index contributed by atoms with van der Waals surface area (Å²) in [5.41, 5.74) is 0.212. The minimum atomic E-state index is -0.781.